The first kappa shape index (κ1) is 26.9. The Morgan fingerprint density at radius 2 is 1.97 bits per heavy atom. The van der Waals surface area contributed by atoms with Gasteiger partial charge in [0.25, 0.3) is 0 Å². The maximum Gasteiger partial charge on any atom is 0.137 e. The average molecular weight is 433 g/mol. The second-order valence-electron chi connectivity index (χ2n) is 8.15. The number of hydrogen-bond donors (Lipinski definition) is 0. The highest BCUT2D eigenvalue weighted by Crippen LogP contribution is 2.15. The van der Waals surface area contributed by atoms with E-state index in [1.165, 1.54) is 23.4 Å². The Balaban J connectivity index is 2.74. The largest absolute Gasteiger partial charge is 0.495 e. The molecule has 1 aliphatic heterocycles. The molecule has 6 heteroatoms. The number of ether oxygens (including phenoxy) is 1. The summed E-state index contributed by atoms with van der Waals surface area (Å²) in [4.78, 5) is 10.9. The summed E-state index contributed by atoms with van der Waals surface area (Å²) in [5.74, 6) is 0.368. The standard InChI is InChI=1S/C25H41FN4O/c1-8-10-11-21(3)22(4)19-30(14-9-2)25(28(5)6)20-29(7)15-16-31-24-13-12-23(26)17-27-18-24/h8,10-12,17-19,25H,9,13-16,20H2,1-7H3/b10-8-,21-11+,22-19+. The van der Waals surface area contributed by atoms with Crippen LogP contribution in [0.4, 0.5) is 4.39 Å². The van der Waals surface area contributed by atoms with Crippen LogP contribution in [0.1, 0.15) is 40.5 Å². The van der Waals surface area contributed by atoms with Gasteiger partial charge in [0.1, 0.15) is 18.2 Å². The van der Waals surface area contributed by atoms with Crippen LogP contribution in [0.15, 0.2) is 64.4 Å². The van der Waals surface area contributed by atoms with E-state index in [2.05, 4.69) is 80.0 Å². The van der Waals surface area contributed by atoms with E-state index in [4.69, 9.17) is 4.74 Å². The summed E-state index contributed by atoms with van der Waals surface area (Å²) in [5.41, 5.74) is 2.54. The van der Waals surface area contributed by atoms with Gasteiger partial charge in [0.2, 0.25) is 0 Å². The Hall–Kier alpha value is -2.18. The molecule has 0 spiro atoms. The van der Waals surface area contributed by atoms with Gasteiger partial charge in [-0.2, -0.15) is 0 Å². The van der Waals surface area contributed by atoms with E-state index in [-0.39, 0.29) is 12.0 Å². The van der Waals surface area contributed by atoms with Crippen LogP contribution < -0.4 is 0 Å². The number of rotatable bonds is 13. The molecule has 0 radical (unpaired) electrons. The summed E-state index contributed by atoms with van der Waals surface area (Å²) in [6.07, 6.45) is 14.6. The van der Waals surface area contributed by atoms with E-state index in [9.17, 15) is 4.39 Å². The molecule has 0 amide bonds. The van der Waals surface area contributed by atoms with Gasteiger partial charge in [-0.1, -0.05) is 25.2 Å². The van der Waals surface area contributed by atoms with Crippen molar-refractivity contribution >= 4 is 6.21 Å². The van der Waals surface area contributed by atoms with Crippen molar-refractivity contribution in [3.63, 3.8) is 0 Å². The van der Waals surface area contributed by atoms with E-state index in [1.54, 1.807) is 6.20 Å². The molecule has 1 atom stereocenters. The molecule has 1 rings (SSSR count). The molecule has 1 aliphatic rings. The summed E-state index contributed by atoms with van der Waals surface area (Å²) >= 11 is 0. The van der Waals surface area contributed by atoms with Crippen molar-refractivity contribution < 1.29 is 9.13 Å². The van der Waals surface area contributed by atoms with Crippen molar-refractivity contribution in [2.45, 2.75) is 46.7 Å². The predicted octanol–water partition coefficient (Wildman–Crippen LogP) is 5.13. The van der Waals surface area contributed by atoms with Crippen LogP contribution in [0, 0.1) is 0 Å². The molecule has 0 aromatic rings. The quantitative estimate of drug-likeness (QED) is 0.298. The number of halogens is 1. The lowest BCUT2D eigenvalue weighted by molar-refractivity contribution is 0.0756. The summed E-state index contributed by atoms with van der Waals surface area (Å²) in [6.45, 7) is 11.8. The van der Waals surface area contributed by atoms with E-state index >= 15 is 0 Å². The van der Waals surface area contributed by atoms with Gasteiger partial charge in [0.15, 0.2) is 0 Å². The molecule has 174 valence electrons. The highest BCUT2D eigenvalue weighted by atomic mass is 19.1. The second-order valence-corrected chi connectivity index (χ2v) is 8.15. The topological polar surface area (TPSA) is 31.3 Å². The number of likely N-dealkylation sites (N-methyl/N-ethyl adjacent to an activating group) is 2. The molecule has 0 saturated heterocycles. The van der Waals surface area contributed by atoms with Crippen LogP contribution in [0.5, 0.6) is 0 Å². The molecule has 1 heterocycles. The fourth-order valence-electron chi connectivity index (χ4n) is 3.14. The van der Waals surface area contributed by atoms with Gasteiger partial charge in [-0.3, -0.25) is 14.8 Å². The molecule has 0 bridgehead atoms. The first-order chi connectivity index (χ1) is 14.8. The Morgan fingerprint density at radius 1 is 1.23 bits per heavy atom. The monoisotopic (exact) mass is 432 g/mol. The zero-order valence-electron chi connectivity index (χ0n) is 20.4. The van der Waals surface area contributed by atoms with Crippen LogP contribution in [0.2, 0.25) is 0 Å². The van der Waals surface area contributed by atoms with Crippen molar-refractivity contribution in [1.82, 2.24) is 14.7 Å². The summed E-state index contributed by atoms with van der Waals surface area (Å²) in [6, 6.07) is 0. The summed E-state index contributed by atoms with van der Waals surface area (Å²) < 4.78 is 19.0. The van der Waals surface area contributed by atoms with E-state index in [1.807, 2.05) is 13.0 Å². The highest BCUT2D eigenvalue weighted by molar-refractivity contribution is 5.76. The van der Waals surface area contributed by atoms with Crippen LogP contribution in [-0.2, 0) is 4.74 Å². The second kappa shape index (κ2) is 14.8. The number of allylic oxidation sites excluding steroid dienone is 7. The van der Waals surface area contributed by atoms with Crippen LogP contribution in [-0.4, -0.2) is 74.5 Å². The van der Waals surface area contributed by atoms with E-state index in [0.29, 0.717) is 18.8 Å². The van der Waals surface area contributed by atoms with E-state index in [0.717, 1.165) is 26.1 Å². The number of nitrogens with zero attached hydrogens (tertiary/aromatic N) is 4. The van der Waals surface area contributed by atoms with Gasteiger partial charge in [-0.05, 0) is 65.6 Å². The highest BCUT2D eigenvalue weighted by Gasteiger charge is 2.20. The molecular weight excluding hydrogens is 391 g/mol. The molecule has 0 aromatic heterocycles. The molecular formula is C25H41FN4O. The maximum absolute atomic E-state index is 13.2. The predicted molar refractivity (Wildman–Crippen MR) is 131 cm³/mol. The van der Waals surface area contributed by atoms with Crippen molar-refractivity contribution in [2.75, 3.05) is 47.4 Å². The van der Waals surface area contributed by atoms with Gasteiger partial charge in [-0.25, -0.2) is 4.39 Å². The van der Waals surface area contributed by atoms with Gasteiger partial charge in [0, 0.05) is 32.3 Å². The number of hydrogen-bond acceptors (Lipinski definition) is 5. The molecule has 31 heavy (non-hydrogen) atoms. The first-order valence-corrected chi connectivity index (χ1v) is 11.1. The smallest absolute Gasteiger partial charge is 0.137 e. The van der Waals surface area contributed by atoms with E-state index < -0.39 is 0 Å². The molecule has 0 aliphatic carbocycles. The van der Waals surface area contributed by atoms with Crippen molar-refractivity contribution in [3.8, 4) is 0 Å². The van der Waals surface area contributed by atoms with Gasteiger partial charge < -0.3 is 9.64 Å². The minimum absolute atomic E-state index is 0.244. The lowest BCUT2D eigenvalue weighted by Crippen LogP contribution is -2.49. The van der Waals surface area contributed by atoms with Crippen molar-refractivity contribution in [1.29, 1.82) is 0 Å². The molecule has 1 unspecified atom stereocenters. The average Bonchev–Trinajstić information content (AvgIpc) is 2.93. The minimum atomic E-state index is -0.323. The molecule has 0 aromatic carbocycles. The van der Waals surface area contributed by atoms with Crippen LogP contribution in [0.3, 0.4) is 0 Å². The Labute approximate surface area is 188 Å². The van der Waals surface area contributed by atoms with Gasteiger partial charge >= 0.3 is 0 Å². The molecule has 0 saturated carbocycles. The lowest BCUT2D eigenvalue weighted by Gasteiger charge is -2.38. The molecule has 0 fully saturated rings. The third kappa shape index (κ3) is 10.6. The maximum atomic E-state index is 13.2. The Kier molecular flexibility index (Phi) is 12.8. The zero-order valence-corrected chi connectivity index (χ0v) is 20.4. The fraction of sp³-hybridized carbons (Fsp3) is 0.560. The zero-order chi connectivity index (χ0) is 23.2. The lowest BCUT2D eigenvalue weighted by atomic mass is 10.1. The van der Waals surface area contributed by atoms with Gasteiger partial charge in [0.05, 0.1) is 18.6 Å². The first-order valence-electron chi connectivity index (χ1n) is 11.1. The third-order valence-corrected chi connectivity index (χ3v) is 5.13. The molecule has 5 nitrogen and oxygen atoms in total. The Bertz CT molecular complexity index is 716. The Morgan fingerprint density at radius 3 is 2.61 bits per heavy atom. The number of aliphatic imine (C=N–C) groups is 1. The fourth-order valence-corrected chi connectivity index (χ4v) is 3.14. The minimum Gasteiger partial charge on any atom is -0.495 e. The summed E-state index contributed by atoms with van der Waals surface area (Å²) in [7, 11) is 6.36. The molecule has 0 N–H and O–H groups in total. The van der Waals surface area contributed by atoms with Gasteiger partial charge in [-0.15, -0.1) is 0 Å². The van der Waals surface area contributed by atoms with Crippen LogP contribution >= 0.6 is 0 Å². The normalized spacial score (nSPS) is 16.6. The van der Waals surface area contributed by atoms with Crippen molar-refractivity contribution in [3.05, 3.63) is 59.4 Å². The third-order valence-electron chi connectivity index (χ3n) is 5.13. The summed E-state index contributed by atoms with van der Waals surface area (Å²) in [5, 5.41) is 0. The van der Waals surface area contributed by atoms with Crippen molar-refractivity contribution in [2.24, 2.45) is 4.99 Å². The van der Waals surface area contributed by atoms with Crippen LogP contribution in [0.25, 0.3) is 0 Å². The SMILES string of the molecule is C\C=C/C=C(C)/C(C)=C/N(CCC)C(CN(C)CCOC1=CN=CC(F)=CC1)N(C)C.